The van der Waals surface area contributed by atoms with Gasteiger partial charge in [-0.3, -0.25) is 9.36 Å². The second-order valence-corrected chi connectivity index (χ2v) is 10.6. The molecule has 0 spiro atoms. The number of rotatable bonds is 9. The number of ether oxygens (including phenoxy) is 1. The van der Waals surface area contributed by atoms with Crippen molar-refractivity contribution < 1.29 is 47.3 Å². The molecular formula is C26H31BF3N3O7. The molecule has 1 aromatic heterocycles. The van der Waals surface area contributed by atoms with Crippen LogP contribution < -0.4 is 10.2 Å². The van der Waals surface area contributed by atoms with E-state index >= 15 is 4.39 Å². The van der Waals surface area contributed by atoms with E-state index in [-0.39, 0.29) is 45.7 Å². The highest BCUT2D eigenvalue weighted by Crippen LogP contribution is 2.39. The van der Waals surface area contributed by atoms with Crippen molar-refractivity contribution in [3.63, 3.8) is 0 Å². The summed E-state index contributed by atoms with van der Waals surface area (Å²) in [7, 11) is 0.0556. The quantitative estimate of drug-likeness (QED) is 0.204. The van der Waals surface area contributed by atoms with Crippen molar-refractivity contribution in [2.75, 3.05) is 7.05 Å². The largest absolute Gasteiger partial charge is 0.497 e. The fraction of sp³-hybridized carbons (Fsp3) is 0.462. The van der Waals surface area contributed by atoms with E-state index in [1.165, 1.54) is 35.9 Å². The lowest BCUT2D eigenvalue weighted by Gasteiger charge is -2.33. The van der Waals surface area contributed by atoms with Crippen LogP contribution in [0.2, 0.25) is 0 Å². The first-order chi connectivity index (χ1) is 18.5. The van der Waals surface area contributed by atoms with Gasteiger partial charge in [-0.1, -0.05) is 13.0 Å². The summed E-state index contributed by atoms with van der Waals surface area (Å²) in [6.45, 7) is 5.59. The number of para-hydroxylation sites is 1. The summed E-state index contributed by atoms with van der Waals surface area (Å²) >= 11 is 0. The molecule has 216 valence electrons. The first kappa shape index (κ1) is 30.0. The molecule has 1 aliphatic rings. The molecule has 2 heterocycles. The van der Waals surface area contributed by atoms with Crippen molar-refractivity contribution in [1.82, 2.24) is 14.5 Å². The molecule has 10 nitrogen and oxygen atoms in total. The minimum Gasteiger partial charge on any atom is -0.433 e. The number of aliphatic hydroxyl groups is 3. The zero-order valence-electron chi connectivity index (χ0n) is 22.9. The Labute approximate surface area is 229 Å². The van der Waals surface area contributed by atoms with Crippen LogP contribution in [-0.2, 0) is 9.31 Å². The smallest absolute Gasteiger partial charge is 0.433 e. The number of hydrogen-bond acceptors (Lipinski definition) is 9. The highest BCUT2D eigenvalue weighted by atomic mass is 19.3. The summed E-state index contributed by atoms with van der Waals surface area (Å²) in [6.07, 6.45) is -2.75. The van der Waals surface area contributed by atoms with Gasteiger partial charge >= 0.3 is 19.8 Å². The van der Waals surface area contributed by atoms with Gasteiger partial charge in [-0.2, -0.15) is 8.78 Å². The topological polar surface area (TPSA) is 127 Å². The van der Waals surface area contributed by atoms with Gasteiger partial charge in [-0.15, -0.1) is 0 Å². The predicted molar refractivity (Wildman–Crippen MR) is 139 cm³/mol. The highest BCUT2D eigenvalue weighted by molar-refractivity contribution is 6.62. The van der Waals surface area contributed by atoms with Crippen LogP contribution in [0.25, 0.3) is 16.7 Å². The summed E-state index contributed by atoms with van der Waals surface area (Å²) in [5.41, 5.74) is -1.62. The SMILES string of the molecule is CCC(c1nc2cc(F)c(B3OC(C)(C)C(C)(C)O3)cc2n1-c1c(C=O)cccc1OC(F)F)N(C)C(O)(O)O. The van der Waals surface area contributed by atoms with Crippen molar-refractivity contribution in [2.45, 2.75) is 71.0 Å². The number of benzene rings is 2. The van der Waals surface area contributed by atoms with Crippen LogP contribution >= 0.6 is 0 Å². The van der Waals surface area contributed by atoms with Gasteiger partial charge < -0.3 is 29.4 Å². The van der Waals surface area contributed by atoms with Gasteiger partial charge in [0.15, 0.2) is 12.0 Å². The van der Waals surface area contributed by atoms with Gasteiger partial charge in [-0.05, 0) is 59.4 Å². The second kappa shape index (κ2) is 10.4. The summed E-state index contributed by atoms with van der Waals surface area (Å²) < 4.78 is 60.5. The Morgan fingerprint density at radius 3 is 2.33 bits per heavy atom. The van der Waals surface area contributed by atoms with Gasteiger partial charge in [-0.25, -0.2) is 14.3 Å². The third kappa shape index (κ3) is 5.22. The zero-order valence-corrected chi connectivity index (χ0v) is 22.9. The van der Waals surface area contributed by atoms with Gasteiger partial charge in [0, 0.05) is 17.1 Å². The number of imidazole rings is 1. The number of hydrogen-bond donors (Lipinski definition) is 3. The van der Waals surface area contributed by atoms with Crippen LogP contribution in [0.15, 0.2) is 30.3 Å². The number of aromatic nitrogens is 2. The van der Waals surface area contributed by atoms with E-state index < -0.39 is 42.9 Å². The first-order valence-corrected chi connectivity index (χ1v) is 12.5. The number of alkyl halides is 2. The summed E-state index contributed by atoms with van der Waals surface area (Å²) in [5, 5.41) is 29.7. The number of aldehydes is 1. The van der Waals surface area contributed by atoms with Crippen LogP contribution in [0, 0.1) is 5.82 Å². The Kier molecular flexibility index (Phi) is 7.82. The molecule has 3 aromatic rings. The summed E-state index contributed by atoms with van der Waals surface area (Å²) in [5.74, 6) is -1.14. The Balaban J connectivity index is 2.07. The molecule has 40 heavy (non-hydrogen) atoms. The van der Waals surface area contributed by atoms with E-state index in [9.17, 15) is 28.9 Å². The molecule has 1 aliphatic heterocycles. The molecule has 2 aromatic carbocycles. The molecule has 0 amide bonds. The average Bonchev–Trinajstić information content (AvgIpc) is 3.29. The first-order valence-electron chi connectivity index (χ1n) is 12.5. The van der Waals surface area contributed by atoms with Crippen molar-refractivity contribution in [1.29, 1.82) is 0 Å². The monoisotopic (exact) mass is 565 g/mol. The number of fused-ring (bicyclic) bond motifs is 1. The van der Waals surface area contributed by atoms with E-state index in [1.807, 2.05) is 0 Å². The number of halogens is 3. The molecule has 1 saturated heterocycles. The third-order valence-electron chi connectivity index (χ3n) is 7.53. The van der Waals surface area contributed by atoms with Crippen LogP contribution in [0.1, 0.15) is 63.3 Å². The summed E-state index contributed by atoms with van der Waals surface area (Å²) in [6, 6.07) is 5.34. The molecule has 0 bridgehead atoms. The van der Waals surface area contributed by atoms with E-state index in [0.29, 0.717) is 6.29 Å². The van der Waals surface area contributed by atoms with E-state index in [4.69, 9.17) is 14.0 Å². The Morgan fingerprint density at radius 1 is 1.18 bits per heavy atom. The predicted octanol–water partition coefficient (Wildman–Crippen LogP) is 2.85. The van der Waals surface area contributed by atoms with Crippen LogP contribution in [0.4, 0.5) is 13.2 Å². The standard InChI is InChI=1S/C26H31BF3N3O7/c1-7-18(32(6)26(35,36)37)22-31-17-12-16(28)15(27-39-24(2,3)25(4,5)40-27)11-19(17)33(22)21-14(13-34)9-8-10-20(21)38-23(29)30/h8-13,18,23,35-37H,7H2,1-6H3. The molecule has 4 rings (SSSR count). The molecule has 14 heteroatoms. The lowest BCUT2D eigenvalue weighted by atomic mass is 9.78. The molecule has 3 N–H and O–H groups in total. The fourth-order valence-electron chi connectivity index (χ4n) is 4.65. The van der Waals surface area contributed by atoms with Gasteiger partial charge in [0.25, 0.3) is 0 Å². The maximum absolute atomic E-state index is 15.5. The molecule has 0 saturated carbocycles. The van der Waals surface area contributed by atoms with Gasteiger partial charge in [0.2, 0.25) is 0 Å². The minimum atomic E-state index is -3.30. The van der Waals surface area contributed by atoms with Crippen molar-refractivity contribution in [3.05, 3.63) is 47.5 Å². The van der Waals surface area contributed by atoms with Gasteiger partial charge in [0.1, 0.15) is 17.3 Å². The maximum Gasteiger partial charge on any atom is 0.497 e. The van der Waals surface area contributed by atoms with Crippen LogP contribution in [0.3, 0.4) is 0 Å². The molecule has 0 radical (unpaired) electrons. The normalized spacial score (nSPS) is 17.7. The molecule has 0 aliphatic carbocycles. The number of carbonyl (C=O) groups is 1. The Bertz CT molecular complexity index is 1410. The van der Waals surface area contributed by atoms with Crippen molar-refractivity contribution in [2.24, 2.45) is 0 Å². The maximum atomic E-state index is 15.5. The average molecular weight is 565 g/mol. The lowest BCUT2D eigenvalue weighted by Crippen LogP contribution is -2.48. The van der Waals surface area contributed by atoms with E-state index in [0.717, 1.165) is 11.0 Å². The molecular weight excluding hydrogens is 534 g/mol. The third-order valence-corrected chi connectivity index (χ3v) is 7.53. The zero-order chi connectivity index (χ0) is 29.8. The number of carbonyl (C=O) groups excluding carboxylic acids is 1. The molecule has 1 fully saturated rings. The lowest BCUT2D eigenvalue weighted by molar-refractivity contribution is -0.396. The van der Waals surface area contributed by atoms with Crippen molar-refractivity contribution >= 4 is 29.9 Å². The minimum absolute atomic E-state index is 0.0130. The van der Waals surface area contributed by atoms with E-state index in [1.54, 1.807) is 34.6 Å². The Hall–Kier alpha value is -3.01. The highest BCUT2D eigenvalue weighted by Gasteiger charge is 2.52. The summed E-state index contributed by atoms with van der Waals surface area (Å²) in [4.78, 5) is 17.4. The van der Waals surface area contributed by atoms with Gasteiger partial charge in [0.05, 0.1) is 28.3 Å². The van der Waals surface area contributed by atoms with Crippen LogP contribution in [-0.4, -0.2) is 74.1 Å². The second-order valence-electron chi connectivity index (χ2n) is 10.6. The van der Waals surface area contributed by atoms with Crippen LogP contribution in [0.5, 0.6) is 5.75 Å². The molecule has 1 unspecified atom stereocenters. The molecule has 1 atom stereocenters. The van der Waals surface area contributed by atoms with Crippen molar-refractivity contribution in [3.8, 4) is 11.4 Å². The number of nitrogens with zero attached hydrogens (tertiary/aromatic N) is 3. The fourth-order valence-corrected chi connectivity index (χ4v) is 4.65. The Morgan fingerprint density at radius 2 is 1.80 bits per heavy atom. The van der Waals surface area contributed by atoms with E-state index in [2.05, 4.69) is 4.98 Å².